The Morgan fingerprint density at radius 1 is 1.35 bits per heavy atom. The van der Waals surface area contributed by atoms with Gasteiger partial charge < -0.3 is 10.6 Å². The van der Waals surface area contributed by atoms with Crippen LogP contribution in [0.5, 0.6) is 0 Å². The summed E-state index contributed by atoms with van der Waals surface area (Å²) in [4.78, 5) is 6.16. The molecule has 23 heavy (non-hydrogen) atoms. The Morgan fingerprint density at radius 3 is 2.70 bits per heavy atom. The summed E-state index contributed by atoms with van der Waals surface area (Å²) in [6, 6.07) is 11.6. The predicted molar refractivity (Wildman–Crippen MR) is 89.9 cm³/mol. The molecular formula is C18H19FN4. The number of nitrogens with zero attached hydrogens (tertiary/aromatic N) is 3. The Kier molecular flexibility index (Phi) is 3.69. The van der Waals surface area contributed by atoms with Crippen molar-refractivity contribution in [3.05, 3.63) is 41.6 Å². The highest BCUT2D eigenvalue weighted by molar-refractivity contribution is 5.86. The number of nitrogens with two attached hydrogens (primary N) is 1. The van der Waals surface area contributed by atoms with Crippen LogP contribution in [0.1, 0.15) is 24.6 Å². The summed E-state index contributed by atoms with van der Waals surface area (Å²) in [6.07, 6.45) is 0.435. The lowest BCUT2D eigenvalue weighted by Crippen LogP contribution is -2.27. The van der Waals surface area contributed by atoms with Crippen LogP contribution in [0.3, 0.4) is 0 Å². The van der Waals surface area contributed by atoms with Crippen molar-refractivity contribution in [1.82, 2.24) is 4.98 Å². The lowest BCUT2D eigenvalue weighted by molar-refractivity contribution is 0.221. The molecule has 1 aliphatic heterocycles. The van der Waals surface area contributed by atoms with Crippen LogP contribution in [-0.2, 0) is 0 Å². The van der Waals surface area contributed by atoms with E-state index in [0.29, 0.717) is 30.2 Å². The van der Waals surface area contributed by atoms with Gasteiger partial charge in [0.1, 0.15) is 17.4 Å². The minimum Gasteiger partial charge on any atom is -0.395 e. The maximum atomic E-state index is 14.2. The highest BCUT2D eigenvalue weighted by Crippen LogP contribution is 2.38. The summed E-state index contributed by atoms with van der Waals surface area (Å²) in [5, 5.41) is 9.29. The molecule has 0 aliphatic carbocycles. The normalized spacial score (nSPS) is 20.5. The van der Waals surface area contributed by atoms with Gasteiger partial charge in [-0.25, -0.2) is 9.37 Å². The Hall–Kier alpha value is -2.61. The number of rotatable bonds is 2. The third kappa shape index (κ3) is 2.85. The standard InChI is InChI=1S/C18H19FN4/c1-12-5-3-4-6-14(12)15-9-13(10-20)22-17(16(15)21)23-8-7-18(2,19)11-23/h3-6,9H,7-8,11,21H2,1-2H3. The minimum atomic E-state index is -1.25. The number of alkyl halides is 1. The predicted octanol–water partition coefficient (Wildman–Crippen LogP) is 3.45. The fourth-order valence-corrected chi connectivity index (χ4v) is 3.04. The number of aromatic nitrogens is 1. The first-order valence-electron chi connectivity index (χ1n) is 7.62. The molecule has 0 amide bonds. The molecule has 0 saturated carbocycles. The molecule has 0 bridgehead atoms. The first kappa shape index (κ1) is 15.3. The maximum Gasteiger partial charge on any atom is 0.154 e. The highest BCUT2D eigenvalue weighted by Gasteiger charge is 2.35. The van der Waals surface area contributed by atoms with Crippen LogP contribution >= 0.6 is 0 Å². The molecule has 1 unspecified atom stereocenters. The van der Waals surface area contributed by atoms with Crippen LogP contribution in [0.25, 0.3) is 11.1 Å². The molecule has 0 spiro atoms. The molecule has 1 aliphatic rings. The van der Waals surface area contributed by atoms with Gasteiger partial charge in [0.2, 0.25) is 0 Å². The quantitative estimate of drug-likeness (QED) is 0.922. The molecule has 1 aromatic heterocycles. The minimum absolute atomic E-state index is 0.242. The second-order valence-corrected chi connectivity index (χ2v) is 6.30. The van der Waals surface area contributed by atoms with Gasteiger partial charge in [0.05, 0.1) is 12.2 Å². The van der Waals surface area contributed by atoms with E-state index in [1.165, 1.54) is 0 Å². The molecule has 2 N–H and O–H groups in total. The number of halogens is 1. The lowest BCUT2D eigenvalue weighted by atomic mass is 9.99. The van der Waals surface area contributed by atoms with Gasteiger partial charge in [0.25, 0.3) is 0 Å². The Balaban J connectivity index is 2.14. The van der Waals surface area contributed by atoms with Crippen LogP contribution in [0.2, 0.25) is 0 Å². The summed E-state index contributed by atoms with van der Waals surface area (Å²) in [5.74, 6) is 0.503. The molecule has 1 saturated heterocycles. The van der Waals surface area contributed by atoms with E-state index in [-0.39, 0.29) is 6.54 Å². The van der Waals surface area contributed by atoms with Gasteiger partial charge in [-0.05, 0) is 31.0 Å². The van der Waals surface area contributed by atoms with Gasteiger partial charge in [0, 0.05) is 18.5 Å². The topological polar surface area (TPSA) is 65.9 Å². The second kappa shape index (κ2) is 5.54. The van der Waals surface area contributed by atoms with Crippen LogP contribution in [0.4, 0.5) is 15.9 Å². The van der Waals surface area contributed by atoms with Crippen LogP contribution < -0.4 is 10.6 Å². The Bertz CT molecular complexity index is 792. The number of aryl methyl sites for hydroxylation is 1. The van der Waals surface area contributed by atoms with Crippen molar-refractivity contribution < 1.29 is 4.39 Å². The molecular weight excluding hydrogens is 291 g/mol. The molecule has 1 aromatic carbocycles. The average molecular weight is 310 g/mol. The number of benzene rings is 1. The maximum absolute atomic E-state index is 14.2. The molecule has 2 heterocycles. The number of hydrogen-bond donors (Lipinski definition) is 1. The SMILES string of the molecule is Cc1ccccc1-c1cc(C#N)nc(N2CCC(C)(F)C2)c1N. The van der Waals surface area contributed by atoms with E-state index in [1.807, 2.05) is 36.1 Å². The van der Waals surface area contributed by atoms with Crippen molar-refractivity contribution in [3.63, 3.8) is 0 Å². The number of hydrogen-bond acceptors (Lipinski definition) is 4. The van der Waals surface area contributed by atoms with Crippen molar-refractivity contribution in [2.75, 3.05) is 23.7 Å². The summed E-state index contributed by atoms with van der Waals surface area (Å²) < 4.78 is 14.2. The number of nitriles is 1. The lowest BCUT2D eigenvalue weighted by Gasteiger charge is -2.22. The molecule has 3 rings (SSSR count). The molecule has 1 atom stereocenters. The zero-order valence-electron chi connectivity index (χ0n) is 13.3. The Morgan fingerprint density at radius 2 is 2.09 bits per heavy atom. The summed E-state index contributed by atoms with van der Waals surface area (Å²) in [5.41, 5.74) is 8.68. The average Bonchev–Trinajstić information content (AvgIpc) is 2.88. The Labute approximate surface area is 135 Å². The third-order valence-electron chi connectivity index (χ3n) is 4.31. The molecule has 2 aromatic rings. The van der Waals surface area contributed by atoms with Crippen LogP contribution in [0, 0.1) is 18.3 Å². The van der Waals surface area contributed by atoms with E-state index in [4.69, 9.17) is 5.73 Å². The van der Waals surface area contributed by atoms with Crippen LogP contribution in [0.15, 0.2) is 30.3 Å². The van der Waals surface area contributed by atoms with Crippen molar-refractivity contribution >= 4 is 11.5 Å². The number of pyridine rings is 1. The zero-order chi connectivity index (χ0) is 16.6. The first-order chi connectivity index (χ1) is 10.9. The fraction of sp³-hybridized carbons (Fsp3) is 0.333. The van der Waals surface area contributed by atoms with Crippen molar-refractivity contribution in [3.8, 4) is 17.2 Å². The van der Waals surface area contributed by atoms with Crippen molar-refractivity contribution in [2.45, 2.75) is 25.9 Å². The molecule has 5 heteroatoms. The van der Waals surface area contributed by atoms with E-state index >= 15 is 0 Å². The van der Waals surface area contributed by atoms with Crippen molar-refractivity contribution in [2.24, 2.45) is 0 Å². The van der Waals surface area contributed by atoms with Gasteiger partial charge in [-0.2, -0.15) is 5.26 Å². The molecule has 4 nitrogen and oxygen atoms in total. The second-order valence-electron chi connectivity index (χ2n) is 6.30. The van der Waals surface area contributed by atoms with Gasteiger partial charge in [-0.3, -0.25) is 0 Å². The van der Waals surface area contributed by atoms with E-state index in [0.717, 1.165) is 16.7 Å². The molecule has 0 radical (unpaired) electrons. The number of anilines is 2. The van der Waals surface area contributed by atoms with E-state index in [2.05, 4.69) is 11.1 Å². The first-order valence-corrected chi connectivity index (χ1v) is 7.62. The largest absolute Gasteiger partial charge is 0.395 e. The van der Waals surface area contributed by atoms with Gasteiger partial charge in [-0.15, -0.1) is 0 Å². The van der Waals surface area contributed by atoms with Gasteiger partial charge >= 0.3 is 0 Å². The monoisotopic (exact) mass is 310 g/mol. The number of nitrogen functional groups attached to an aromatic ring is 1. The summed E-state index contributed by atoms with van der Waals surface area (Å²) in [7, 11) is 0. The van der Waals surface area contributed by atoms with Crippen molar-refractivity contribution in [1.29, 1.82) is 5.26 Å². The van der Waals surface area contributed by atoms with E-state index < -0.39 is 5.67 Å². The van der Waals surface area contributed by atoms with Crippen LogP contribution in [-0.4, -0.2) is 23.7 Å². The smallest absolute Gasteiger partial charge is 0.154 e. The van der Waals surface area contributed by atoms with E-state index in [1.54, 1.807) is 13.0 Å². The third-order valence-corrected chi connectivity index (χ3v) is 4.31. The summed E-state index contributed by atoms with van der Waals surface area (Å²) >= 11 is 0. The fourth-order valence-electron chi connectivity index (χ4n) is 3.04. The highest BCUT2D eigenvalue weighted by atomic mass is 19.1. The summed E-state index contributed by atoms with van der Waals surface area (Å²) in [6.45, 7) is 4.37. The molecule has 118 valence electrons. The molecule has 1 fully saturated rings. The van der Waals surface area contributed by atoms with Gasteiger partial charge in [-0.1, -0.05) is 24.3 Å². The zero-order valence-corrected chi connectivity index (χ0v) is 13.3. The van der Waals surface area contributed by atoms with Gasteiger partial charge in [0.15, 0.2) is 5.82 Å². The van der Waals surface area contributed by atoms with E-state index in [9.17, 15) is 9.65 Å².